The molecule has 0 saturated carbocycles. The predicted molar refractivity (Wildman–Crippen MR) is 193 cm³/mol. The summed E-state index contributed by atoms with van der Waals surface area (Å²) in [4.78, 5) is 12.1. The number of unbranched alkanes of at least 4 members (excludes halogenated alkanes) is 23. The molecule has 0 aliphatic carbocycles. The molecule has 0 aromatic heterocycles. The zero-order valence-corrected chi connectivity index (χ0v) is 29.4. The first-order valence-electron chi connectivity index (χ1n) is 19.2. The quantitative estimate of drug-likeness (QED) is 0.0497. The molecule has 0 bridgehead atoms. The minimum Gasteiger partial charge on any atom is -0.394 e. The van der Waals surface area contributed by atoms with E-state index in [1.54, 1.807) is 6.08 Å². The molecular formula is C40H75NO3. The molecule has 2 unspecified atom stereocenters. The Morgan fingerprint density at radius 3 is 1.32 bits per heavy atom. The topological polar surface area (TPSA) is 69.6 Å². The van der Waals surface area contributed by atoms with Crippen LogP contribution in [0.25, 0.3) is 0 Å². The highest BCUT2D eigenvalue weighted by Crippen LogP contribution is 2.14. The van der Waals surface area contributed by atoms with E-state index in [1.807, 2.05) is 6.08 Å². The first kappa shape index (κ1) is 42.6. The van der Waals surface area contributed by atoms with Crippen molar-refractivity contribution in [1.29, 1.82) is 0 Å². The van der Waals surface area contributed by atoms with Gasteiger partial charge in [0.05, 0.1) is 18.8 Å². The molecule has 1 amide bonds. The fourth-order valence-electron chi connectivity index (χ4n) is 5.62. The van der Waals surface area contributed by atoms with Crippen molar-refractivity contribution in [2.45, 2.75) is 206 Å². The average Bonchev–Trinajstić information content (AvgIpc) is 3.03. The molecule has 0 spiro atoms. The van der Waals surface area contributed by atoms with Gasteiger partial charge in [-0.05, 0) is 44.9 Å². The Labute approximate surface area is 274 Å². The lowest BCUT2D eigenvalue weighted by Crippen LogP contribution is -2.45. The summed E-state index contributed by atoms with van der Waals surface area (Å²) in [5.41, 5.74) is 0. The molecule has 258 valence electrons. The molecule has 0 saturated heterocycles. The first-order valence-corrected chi connectivity index (χ1v) is 19.2. The number of hydrogen-bond donors (Lipinski definition) is 3. The van der Waals surface area contributed by atoms with Crippen LogP contribution in [0.2, 0.25) is 0 Å². The van der Waals surface area contributed by atoms with Crippen molar-refractivity contribution in [2.75, 3.05) is 6.61 Å². The van der Waals surface area contributed by atoms with Gasteiger partial charge in [-0.25, -0.2) is 0 Å². The maximum atomic E-state index is 12.1. The van der Waals surface area contributed by atoms with Gasteiger partial charge in [-0.1, -0.05) is 179 Å². The third kappa shape index (κ3) is 32.0. The summed E-state index contributed by atoms with van der Waals surface area (Å²) < 4.78 is 0. The molecule has 0 rings (SSSR count). The molecule has 44 heavy (non-hydrogen) atoms. The molecule has 0 fully saturated rings. The number of carbonyl (C=O) groups is 1. The lowest BCUT2D eigenvalue weighted by Gasteiger charge is -2.19. The molecule has 2 atom stereocenters. The van der Waals surface area contributed by atoms with Crippen molar-refractivity contribution in [3.05, 3.63) is 36.5 Å². The normalized spacial score (nSPS) is 13.5. The molecular weight excluding hydrogens is 542 g/mol. The van der Waals surface area contributed by atoms with E-state index in [1.165, 1.54) is 128 Å². The van der Waals surface area contributed by atoms with Crippen LogP contribution in [-0.2, 0) is 4.79 Å². The van der Waals surface area contributed by atoms with Gasteiger partial charge in [0.25, 0.3) is 0 Å². The summed E-state index contributed by atoms with van der Waals surface area (Å²) in [6.07, 6.45) is 47.2. The van der Waals surface area contributed by atoms with E-state index in [0.29, 0.717) is 6.42 Å². The summed E-state index contributed by atoms with van der Waals surface area (Å²) in [6.45, 7) is 4.20. The average molecular weight is 618 g/mol. The zero-order chi connectivity index (χ0) is 32.2. The van der Waals surface area contributed by atoms with Gasteiger partial charge >= 0.3 is 0 Å². The molecule has 0 radical (unpaired) electrons. The van der Waals surface area contributed by atoms with Crippen molar-refractivity contribution in [1.82, 2.24) is 5.32 Å². The highest BCUT2D eigenvalue weighted by atomic mass is 16.3. The number of rotatable bonds is 34. The van der Waals surface area contributed by atoms with Crippen LogP contribution in [-0.4, -0.2) is 34.9 Å². The van der Waals surface area contributed by atoms with Gasteiger partial charge in [0.15, 0.2) is 0 Å². The van der Waals surface area contributed by atoms with Crippen molar-refractivity contribution >= 4 is 5.91 Å². The van der Waals surface area contributed by atoms with Crippen molar-refractivity contribution in [3.63, 3.8) is 0 Å². The van der Waals surface area contributed by atoms with E-state index < -0.39 is 12.1 Å². The Balaban J connectivity index is 3.53. The maximum absolute atomic E-state index is 12.1. The van der Waals surface area contributed by atoms with Crippen LogP contribution in [0.4, 0.5) is 0 Å². The van der Waals surface area contributed by atoms with E-state index in [0.717, 1.165) is 44.9 Å². The Morgan fingerprint density at radius 1 is 0.523 bits per heavy atom. The number of nitrogens with one attached hydrogen (secondary N) is 1. The molecule has 0 aliphatic rings. The van der Waals surface area contributed by atoms with Crippen LogP contribution in [0.15, 0.2) is 36.5 Å². The van der Waals surface area contributed by atoms with Gasteiger partial charge in [-0.15, -0.1) is 0 Å². The van der Waals surface area contributed by atoms with Gasteiger partial charge in [0.2, 0.25) is 5.91 Å². The number of aliphatic hydroxyl groups is 2. The van der Waals surface area contributed by atoms with Crippen molar-refractivity contribution < 1.29 is 15.0 Å². The van der Waals surface area contributed by atoms with Gasteiger partial charge in [0.1, 0.15) is 0 Å². The maximum Gasteiger partial charge on any atom is 0.220 e. The molecule has 0 aliphatic heterocycles. The van der Waals surface area contributed by atoms with Gasteiger partial charge in [-0.2, -0.15) is 0 Å². The fourth-order valence-corrected chi connectivity index (χ4v) is 5.62. The summed E-state index contributed by atoms with van der Waals surface area (Å²) in [5, 5.41) is 22.6. The van der Waals surface area contributed by atoms with Gasteiger partial charge in [-0.3, -0.25) is 4.79 Å². The molecule has 3 N–H and O–H groups in total. The highest BCUT2D eigenvalue weighted by Gasteiger charge is 2.17. The van der Waals surface area contributed by atoms with E-state index in [9.17, 15) is 15.0 Å². The Bertz CT molecular complexity index is 672. The van der Waals surface area contributed by atoms with E-state index in [4.69, 9.17) is 0 Å². The fraction of sp³-hybridized carbons (Fsp3) is 0.825. The number of amides is 1. The second kappa shape index (κ2) is 36.1. The number of allylic oxidation sites excluding steroid dienone is 5. The van der Waals surface area contributed by atoms with Crippen LogP contribution in [0.1, 0.15) is 194 Å². The number of aliphatic hydroxyl groups excluding tert-OH is 2. The van der Waals surface area contributed by atoms with Crippen LogP contribution in [0.5, 0.6) is 0 Å². The standard InChI is InChI=1S/C40H75NO3/c1-3-5-7-9-10-11-12-13-14-15-16-17-18-19-20-21-22-23-24-25-26-27-28-29-30-32-33-35-39(43)38(37-42)41-40(44)36-34-31-8-6-4-2/h24-25,28-29,33,35,38-39,42-43H,3-23,26-27,30-32,34,36-37H2,1-2H3,(H,41,44)/b25-24+,29-28+,35-33+. The van der Waals surface area contributed by atoms with Gasteiger partial charge in [0, 0.05) is 6.42 Å². The molecule has 0 aromatic rings. The second-order valence-corrected chi connectivity index (χ2v) is 13.0. The second-order valence-electron chi connectivity index (χ2n) is 13.0. The predicted octanol–water partition coefficient (Wildman–Crippen LogP) is 11.5. The SMILES string of the molecule is CCCCCCCCCCCCCCCCCCC/C=C/CC/C=C/CC/C=C/C(O)C(CO)NC(=O)CCCCCCC. The van der Waals surface area contributed by atoms with Crippen molar-refractivity contribution in [3.8, 4) is 0 Å². The zero-order valence-electron chi connectivity index (χ0n) is 29.4. The Hall–Kier alpha value is -1.39. The van der Waals surface area contributed by atoms with E-state index >= 15 is 0 Å². The van der Waals surface area contributed by atoms with Crippen LogP contribution >= 0.6 is 0 Å². The monoisotopic (exact) mass is 618 g/mol. The molecule has 4 nitrogen and oxygen atoms in total. The lowest BCUT2D eigenvalue weighted by molar-refractivity contribution is -0.123. The smallest absolute Gasteiger partial charge is 0.220 e. The summed E-state index contributed by atoms with van der Waals surface area (Å²) in [6, 6.07) is -0.638. The van der Waals surface area contributed by atoms with Crippen molar-refractivity contribution in [2.24, 2.45) is 0 Å². The minimum absolute atomic E-state index is 0.0924. The minimum atomic E-state index is -0.864. The lowest BCUT2D eigenvalue weighted by atomic mass is 10.0. The third-order valence-corrected chi connectivity index (χ3v) is 8.60. The van der Waals surface area contributed by atoms with E-state index in [-0.39, 0.29) is 12.5 Å². The number of hydrogen-bond acceptors (Lipinski definition) is 3. The number of carbonyl (C=O) groups excluding carboxylic acids is 1. The largest absolute Gasteiger partial charge is 0.394 e. The molecule has 0 aromatic carbocycles. The Kier molecular flexibility index (Phi) is 34.9. The summed E-state index contributed by atoms with van der Waals surface area (Å²) in [7, 11) is 0. The summed E-state index contributed by atoms with van der Waals surface area (Å²) >= 11 is 0. The van der Waals surface area contributed by atoms with E-state index in [2.05, 4.69) is 43.5 Å². The summed E-state index contributed by atoms with van der Waals surface area (Å²) in [5.74, 6) is -0.0924. The molecule has 4 heteroatoms. The first-order chi connectivity index (χ1) is 21.7. The third-order valence-electron chi connectivity index (χ3n) is 8.60. The van der Waals surface area contributed by atoms with Crippen LogP contribution in [0.3, 0.4) is 0 Å². The highest BCUT2D eigenvalue weighted by molar-refractivity contribution is 5.76. The van der Waals surface area contributed by atoms with Gasteiger partial charge < -0.3 is 15.5 Å². The van der Waals surface area contributed by atoms with Crippen LogP contribution < -0.4 is 5.32 Å². The molecule has 0 heterocycles. The van der Waals surface area contributed by atoms with Crippen LogP contribution in [0, 0.1) is 0 Å². The Morgan fingerprint density at radius 2 is 0.886 bits per heavy atom.